The van der Waals surface area contributed by atoms with E-state index >= 15 is 0 Å². The minimum absolute atomic E-state index is 0.0519. The van der Waals surface area contributed by atoms with Gasteiger partial charge in [0.2, 0.25) is 12.3 Å². The summed E-state index contributed by atoms with van der Waals surface area (Å²) in [6.45, 7) is 5.78. The van der Waals surface area contributed by atoms with E-state index in [-0.39, 0.29) is 23.9 Å². The lowest BCUT2D eigenvalue weighted by Gasteiger charge is -2.29. The van der Waals surface area contributed by atoms with Gasteiger partial charge in [0.25, 0.3) is 5.91 Å². The highest BCUT2D eigenvalue weighted by atomic mass is 16.5. The normalized spacial score (nSPS) is 12.2. The first-order chi connectivity index (χ1) is 18.3. The quantitative estimate of drug-likeness (QED) is 0.0846. The highest BCUT2D eigenvalue weighted by Crippen LogP contribution is 2.28. The Morgan fingerprint density at radius 2 is 1.76 bits per heavy atom. The molecule has 0 aromatic heterocycles. The van der Waals surface area contributed by atoms with Gasteiger partial charge in [0.1, 0.15) is 11.3 Å². The van der Waals surface area contributed by atoms with E-state index in [0.717, 1.165) is 19.3 Å². The molecule has 10 heteroatoms. The Hall–Kier alpha value is -3.92. The number of hydroxylamine groups is 2. The number of nitrogens with zero attached hydrogens (tertiary/aromatic N) is 1. The summed E-state index contributed by atoms with van der Waals surface area (Å²) in [6.07, 6.45) is 3.86. The number of unbranched alkanes of at least 4 members (excludes halogenated alkanes) is 2. The van der Waals surface area contributed by atoms with Gasteiger partial charge in [-0.05, 0) is 55.2 Å². The summed E-state index contributed by atoms with van der Waals surface area (Å²) in [5.74, 6) is -2.23. The van der Waals surface area contributed by atoms with Crippen molar-refractivity contribution >= 4 is 24.2 Å². The molecular formula is C28H37N3O7. The first kappa shape index (κ1) is 30.3. The number of amides is 3. The summed E-state index contributed by atoms with van der Waals surface area (Å²) in [5, 5.41) is 25.2. The van der Waals surface area contributed by atoms with E-state index in [1.807, 2.05) is 6.92 Å². The monoisotopic (exact) mass is 527 g/mol. The van der Waals surface area contributed by atoms with Gasteiger partial charge in [-0.25, -0.2) is 9.86 Å². The molecule has 2 atom stereocenters. The summed E-state index contributed by atoms with van der Waals surface area (Å²) in [7, 11) is 0. The number of carbonyl (C=O) groups is 4. The highest BCUT2D eigenvalue weighted by molar-refractivity contribution is 5.96. The molecule has 0 fully saturated rings. The van der Waals surface area contributed by atoms with Crippen molar-refractivity contribution in [2.24, 2.45) is 5.92 Å². The van der Waals surface area contributed by atoms with Crippen molar-refractivity contribution in [2.75, 3.05) is 13.3 Å². The smallest absolute Gasteiger partial charge is 0.339 e. The molecule has 0 spiro atoms. The van der Waals surface area contributed by atoms with Crippen LogP contribution in [0.4, 0.5) is 0 Å². The molecule has 0 unspecified atom stereocenters. The third-order valence-corrected chi connectivity index (χ3v) is 6.27. The molecule has 0 heterocycles. The molecule has 0 aliphatic rings. The number of carboxylic acids is 1. The van der Waals surface area contributed by atoms with E-state index in [1.54, 1.807) is 50.2 Å². The van der Waals surface area contributed by atoms with Crippen LogP contribution in [0.15, 0.2) is 42.5 Å². The Morgan fingerprint density at radius 1 is 1.03 bits per heavy atom. The van der Waals surface area contributed by atoms with Gasteiger partial charge < -0.3 is 20.5 Å². The van der Waals surface area contributed by atoms with E-state index in [4.69, 9.17) is 4.74 Å². The van der Waals surface area contributed by atoms with Crippen LogP contribution in [0.2, 0.25) is 0 Å². The number of carboxylic acid groups (broad SMARTS) is 1. The Kier molecular flexibility index (Phi) is 12.2. The number of hydrogen-bond donors (Lipinski definition) is 4. The van der Waals surface area contributed by atoms with Gasteiger partial charge in [-0.2, -0.15) is 0 Å². The lowest BCUT2D eigenvalue weighted by atomic mass is 9.90. The van der Waals surface area contributed by atoms with E-state index < -0.39 is 23.8 Å². The zero-order chi connectivity index (χ0) is 28.1. The Balaban J connectivity index is 2.09. The number of hydrogen-bond acceptors (Lipinski definition) is 6. The number of nitrogens with one attached hydrogen (secondary N) is 2. The first-order valence-corrected chi connectivity index (χ1v) is 12.9. The lowest BCUT2D eigenvalue weighted by Crippen LogP contribution is -2.47. The van der Waals surface area contributed by atoms with Gasteiger partial charge in [-0.15, -0.1) is 0 Å². The third-order valence-electron chi connectivity index (χ3n) is 6.27. The van der Waals surface area contributed by atoms with Gasteiger partial charge in [0.05, 0.1) is 25.2 Å². The second-order valence-electron chi connectivity index (χ2n) is 8.82. The van der Waals surface area contributed by atoms with E-state index in [2.05, 4.69) is 10.6 Å². The van der Waals surface area contributed by atoms with E-state index in [1.165, 1.54) is 6.07 Å². The van der Waals surface area contributed by atoms with Crippen molar-refractivity contribution in [1.29, 1.82) is 0 Å². The molecule has 2 aromatic rings. The summed E-state index contributed by atoms with van der Waals surface area (Å²) in [4.78, 5) is 48.3. The fourth-order valence-corrected chi connectivity index (χ4v) is 4.28. The van der Waals surface area contributed by atoms with Crippen LogP contribution in [0.25, 0.3) is 11.1 Å². The molecule has 0 radical (unpaired) electrons. The fourth-order valence-electron chi connectivity index (χ4n) is 4.28. The Morgan fingerprint density at radius 3 is 2.39 bits per heavy atom. The largest absolute Gasteiger partial charge is 0.493 e. The van der Waals surface area contributed by atoms with Crippen molar-refractivity contribution < 1.29 is 34.2 Å². The van der Waals surface area contributed by atoms with Crippen LogP contribution in [0, 0.1) is 5.92 Å². The molecule has 206 valence electrons. The number of rotatable bonds is 16. The van der Waals surface area contributed by atoms with Crippen LogP contribution >= 0.6 is 0 Å². The van der Waals surface area contributed by atoms with E-state index in [9.17, 15) is 29.5 Å². The van der Waals surface area contributed by atoms with Crippen molar-refractivity contribution in [3.8, 4) is 16.9 Å². The van der Waals surface area contributed by atoms with Gasteiger partial charge in [0, 0.05) is 5.56 Å². The molecule has 2 aromatic carbocycles. The SMILES string of the molecule is CCCCC[C@@H](C(=O)NCNC(=O)c1cccc(-c2ccc(C(=O)O)c(OCC)c2)c1)[C@@H](CC)N(O)C=O. The van der Waals surface area contributed by atoms with Crippen LogP contribution in [0.5, 0.6) is 5.75 Å². The molecule has 10 nitrogen and oxygen atoms in total. The van der Waals surface area contributed by atoms with Gasteiger partial charge >= 0.3 is 5.97 Å². The topological polar surface area (TPSA) is 145 Å². The number of ether oxygens (including phenoxy) is 1. The van der Waals surface area contributed by atoms with Crippen molar-refractivity contribution in [1.82, 2.24) is 15.7 Å². The molecule has 4 N–H and O–H groups in total. The van der Waals surface area contributed by atoms with Crippen molar-refractivity contribution in [3.05, 3.63) is 53.6 Å². The summed E-state index contributed by atoms with van der Waals surface area (Å²) in [6, 6.07) is 10.9. The van der Waals surface area contributed by atoms with Gasteiger partial charge in [-0.1, -0.05) is 51.3 Å². The Bertz CT molecular complexity index is 1110. The van der Waals surface area contributed by atoms with Crippen LogP contribution in [0.1, 0.15) is 73.6 Å². The first-order valence-electron chi connectivity index (χ1n) is 12.9. The molecule has 0 aliphatic carbocycles. The van der Waals surface area contributed by atoms with Crippen LogP contribution in [0.3, 0.4) is 0 Å². The summed E-state index contributed by atoms with van der Waals surface area (Å²) < 4.78 is 5.47. The maximum Gasteiger partial charge on any atom is 0.339 e. The lowest BCUT2D eigenvalue weighted by molar-refractivity contribution is -0.168. The van der Waals surface area contributed by atoms with Crippen LogP contribution in [-0.4, -0.2) is 58.9 Å². The number of benzene rings is 2. The predicted molar refractivity (Wildman–Crippen MR) is 142 cm³/mol. The maximum atomic E-state index is 12.9. The summed E-state index contributed by atoms with van der Waals surface area (Å²) in [5.41, 5.74) is 1.78. The molecule has 0 saturated carbocycles. The zero-order valence-corrected chi connectivity index (χ0v) is 22.1. The minimum Gasteiger partial charge on any atom is -0.493 e. The molecule has 38 heavy (non-hydrogen) atoms. The van der Waals surface area contributed by atoms with Crippen LogP contribution < -0.4 is 15.4 Å². The maximum absolute atomic E-state index is 12.9. The molecule has 3 amide bonds. The van der Waals surface area contributed by atoms with Gasteiger partial charge in [-0.3, -0.25) is 19.6 Å². The highest BCUT2D eigenvalue weighted by Gasteiger charge is 2.30. The fraction of sp³-hybridized carbons (Fsp3) is 0.429. The summed E-state index contributed by atoms with van der Waals surface area (Å²) >= 11 is 0. The Labute approximate surface area is 222 Å². The molecular weight excluding hydrogens is 490 g/mol. The average molecular weight is 528 g/mol. The van der Waals surface area contributed by atoms with Gasteiger partial charge in [0.15, 0.2) is 0 Å². The van der Waals surface area contributed by atoms with Crippen molar-refractivity contribution in [3.63, 3.8) is 0 Å². The number of aromatic carboxylic acids is 1. The molecule has 0 saturated heterocycles. The third kappa shape index (κ3) is 8.31. The van der Waals surface area contributed by atoms with E-state index in [0.29, 0.717) is 47.6 Å². The molecule has 2 rings (SSSR count). The second kappa shape index (κ2) is 15.4. The average Bonchev–Trinajstić information content (AvgIpc) is 2.92. The zero-order valence-electron chi connectivity index (χ0n) is 22.1. The number of carbonyl (C=O) groups excluding carboxylic acids is 3. The van der Waals surface area contributed by atoms with Crippen LogP contribution in [-0.2, 0) is 9.59 Å². The van der Waals surface area contributed by atoms with Crippen molar-refractivity contribution in [2.45, 2.75) is 58.9 Å². The molecule has 0 aliphatic heterocycles. The second-order valence-corrected chi connectivity index (χ2v) is 8.82. The standard InChI is InChI=1S/C28H37N3O7/c1-4-7-8-12-22(24(5-2)31(37)18-32)27(34)30-17-29-26(33)21-11-9-10-19(15-21)20-13-14-23(28(35)36)25(16-20)38-6-3/h9-11,13-16,18,22,24,37H,4-8,12,17H2,1-3H3,(H,29,33)(H,30,34)(H,35,36)/t22-,24-/m1/s1. The molecule has 0 bridgehead atoms. The predicted octanol–water partition coefficient (Wildman–Crippen LogP) is 4.08. The minimum atomic E-state index is -1.09.